The van der Waals surface area contributed by atoms with Crippen LogP contribution in [0.5, 0.6) is 0 Å². The lowest BCUT2D eigenvalue weighted by molar-refractivity contribution is -0.188. The van der Waals surface area contributed by atoms with Crippen LogP contribution in [0.3, 0.4) is 0 Å². The average Bonchev–Trinajstić information content (AvgIpc) is 3.12. The van der Waals surface area contributed by atoms with Crippen LogP contribution < -0.4 is 0 Å². The van der Waals surface area contributed by atoms with Gasteiger partial charge in [0.2, 0.25) is 5.91 Å². The molecule has 3 rings (SSSR count). The summed E-state index contributed by atoms with van der Waals surface area (Å²) in [6.45, 7) is 0.260. The smallest absolute Gasteiger partial charge is 0.342 e. The average molecular weight is 338 g/mol. The zero-order chi connectivity index (χ0) is 15.2. The van der Waals surface area contributed by atoms with Crippen molar-refractivity contribution < 1.29 is 18.0 Å². The van der Waals surface area contributed by atoms with E-state index in [0.717, 1.165) is 11.3 Å². The Bertz CT molecular complexity index is 545. The van der Waals surface area contributed by atoms with E-state index in [1.165, 1.54) is 16.2 Å². The van der Waals surface area contributed by atoms with Crippen molar-refractivity contribution in [3.63, 3.8) is 0 Å². The van der Waals surface area contributed by atoms with Crippen molar-refractivity contribution in [1.82, 2.24) is 4.90 Å². The van der Waals surface area contributed by atoms with Gasteiger partial charge < -0.3 is 4.90 Å². The van der Waals surface area contributed by atoms with E-state index < -0.39 is 12.1 Å². The van der Waals surface area contributed by atoms with Gasteiger partial charge in [-0.1, -0.05) is 11.6 Å². The highest BCUT2D eigenvalue weighted by Gasteiger charge is 2.49. The normalized spacial score (nSPS) is 29.5. The minimum absolute atomic E-state index is 0.126. The molecule has 21 heavy (non-hydrogen) atoms. The Morgan fingerprint density at radius 3 is 2.76 bits per heavy atom. The molecule has 7 heteroatoms. The van der Waals surface area contributed by atoms with Crippen LogP contribution >= 0.6 is 22.9 Å². The van der Waals surface area contributed by atoms with E-state index >= 15 is 0 Å². The number of hydrogen-bond acceptors (Lipinski definition) is 2. The minimum Gasteiger partial charge on any atom is -0.342 e. The third-order valence-corrected chi connectivity index (χ3v) is 5.63. The molecule has 2 heterocycles. The number of piperidine rings is 1. The first kappa shape index (κ1) is 15.2. The molecule has 2 nitrogen and oxygen atoms in total. The minimum atomic E-state index is -4.21. The first-order chi connectivity index (χ1) is 9.86. The van der Waals surface area contributed by atoms with E-state index in [1.54, 1.807) is 6.07 Å². The Balaban J connectivity index is 1.61. The van der Waals surface area contributed by atoms with Gasteiger partial charge in [0.05, 0.1) is 10.3 Å². The molecule has 0 aromatic carbocycles. The highest BCUT2D eigenvalue weighted by Crippen LogP contribution is 2.51. The fraction of sp³-hybridized carbons (Fsp3) is 0.643. The number of halogens is 4. The molecule has 3 atom stereocenters. The Morgan fingerprint density at radius 2 is 2.14 bits per heavy atom. The monoisotopic (exact) mass is 337 g/mol. The zero-order valence-electron chi connectivity index (χ0n) is 11.2. The van der Waals surface area contributed by atoms with E-state index in [9.17, 15) is 18.0 Å². The van der Waals surface area contributed by atoms with Crippen molar-refractivity contribution in [2.75, 3.05) is 13.1 Å². The van der Waals surface area contributed by atoms with Crippen LogP contribution in [0.15, 0.2) is 12.1 Å². The van der Waals surface area contributed by atoms with Crippen LogP contribution in [0.2, 0.25) is 4.34 Å². The number of alkyl halides is 3. The number of thiophene rings is 1. The summed E-state index contributed by atoms with van der Waals surface area (Å²) >= 11 is 7.32. The quantitative estimate of drug-likeness (QED) is 0.787. The van der Waals surface area contributed by atoms with Crippen molar-refractivity contribution in [1.29, 1.82) is 0 Å². The van der Waals surface area contributed by atoms with Gasteiger partial charge in [0, 0.05) is 29.8 Å². The first-order valence-corrected chi connectivity index (χ1v) is 8.16. The summed E-state index contributed by atoms with van der Waals surface area (Å²) in [5, 5.41) is 0. The van der Waals surface area contributed by atoms with Crippen LogP contribution in [-0.4, -0.2) is 30.1 Å². The van der Waals surface area contributed by atoms with Crippen LogP contribution in [0.4, 0.5) is 13.2 Å². The van der Waals surface area contributed by atoms with Crippen LogP contribution in [-0.2, 0) is 4.79 Å². The fourth-order valence-corrected chi connectivity index (χ4v) is 4.23. The van der Waals surface area contributed by atoms with Gasteiger partial charge in [-0.05, 0) is 31.4 Å². The Kier molecular flexibility index (Phi) is 3.94. The number of hydrogen-bond donors (Lipinski definition) is 0. The van der Waals surface area contributed by atoms with Gasteiger partial charge in [0.25, 0.3) is 0 Å². The zero-order valence-corrected chi connectivity index (χ0v) is 12.8. The number of likely N-dealkylation sites (tertiary alicyclic amines) is 1. The summed E-state index contributed by atoms with van der Waals surface area (Å²) in [6.07, 6.45) is -2.92. The number of carbonyl (C=O) groups is 1. The molecule has 1 saturated carbocycles. The Morgan fingerprint density at radius 1 is 1.38 bits per heavy atom. The largest absolute Gasteiger partial charge is 0.393 e. The van der Waals surface area contributed by atoms with Crippen LogP contribution in [0.1, 0.15) is 30.1 Å². The molecule has 0 bridgehead atoms. The molecule has 0 spiro atoms. The summed E-state index contributed by atoms with van der Waals surface area (Å²) in [6, 6.07) is 3.70. The first-order valence-electron chi connectivity index (χ1n) is 6.97. The van der Waals surface area contributed by atoms with Gasteiger partial charge in [-0.2, -0.15) is 13.2 Å². The van der Waals surface area contributed by atoms with Gasteiger partial charge >= 0.3 is 6.18 Å². The van der Waals surface area contributed by atoms with Crippen molar-refractivity contribution in [3.05, 3.63) is 21.3 Å². The fourth-order valence-electron chi connectivity index (χ4n) is 2.99. The van der Waals surface area contributed by atoms with E-state index in [2.05, 4.69) is 0 Å². The van der Waals surface area contributed by atoms with E-state index in [4.69, 9.17) is 11.6 Å². The Labute approximate surface area is 129 Å². The molecule has 1 aromatic rings. The topological polar surface area (TPSA) is 20.3 Å². The number of carbonyl (C=O) groups excluding carboxylic acids is 1. The van der Waals surface area contributed by atoms with Crippen LogP contribution in [0.25, 0.3) is 0 Å². The molecule has 1 saturated heterocycles. The number of rotatable bonds is 2. The lowest BCUT2D eigenvalue weighted by Crippen LogP contribution is -2.45. The summed E-state index contributed by atoms with van der Waals surface area (Å²) in [4.78, 5) is 14.8. The molecule has 0 N–H and O–H groups in total. The second-order valence-corrected chi connectivity index (χ2v) is 7.50. The molecule has 1 aliphatic heterocycles. The molecule has 1 aromatic heterocycles. The lowest BCUT2D eigenvalue weighted by atomic mass is 9.97. The van der Waals surface area contributed by atoms with Gasteiger partial charge in [0.15, 0.2) is 0 Å². The molecule has 116 valence electrons. The molecule has 0 radical (unpaired) electrons. The standard InChI is InChI=1S/C14H15ClF3NOS/c15-12-4-3-11(21-12)9-6-10(9)13(20)19-5-1-2-8(7-19)14(16,17)18/h3-4,8-10H,1-2,5-7H2/t8-,9+,10+/m0/s1. The number of nitrogens with zero attached hydrogens (tertiary/aromatic N) is 1. The third kappa shape index (κ3) is 3.21. The maximum Gasteiger partial charge on any atom is 0.393 e. The van der Waals surface area contributed by atoms with Crippen LogP contribution in [0, 0.1) is 11.8 Å². The third-order valence-electron chi connectivity index (χ3n) is 4.26. The number of amides is 1. The van der Waals surface area contributed by atoms with Gasteiger partial charge in [-0.25, -0.2) is 0 Å². The predicted molar refractivity (Wildman–Crippen MR) is 75.5 cm³/mol. The second kappa shape index (κ2) is 5.47. The highest BCUT2D eigenvalue weighted by atomic mass is 35.5. The molecule has 1 aliphatic carbocycles. The van der Waals surface area contributed by atoms with Crippen molar-refractivity contribution in [3.8, 4) is 0 Å². The Hall–Kier alpha value is -0.750. The van der Waals surface area contributed by atoms with Gasteiger partial charge in [0.1, 0.15) is 0 Å². The summed E-state index contributed by atoms with van der Waals surface area (Å²) < 4.78 is 39.0. The molecule has 2 fully saturated rings. The molecular weight excluding hydrogens is 323 g/mol. The summed E-state index contributed by atoms with van der Waals surface area (Å²) in [5.74, 6) is -1.52. The lowest BCUT2D eigenvalue weighted by Gasteiger charge is -2.34. The van der Waals surface area contributed by atoms with Crippen molar-refractivity contribution >= 4 is 28.8 Å². The maximum absolute atomic E-state index is 12.8. The molecule has 1 amide bonds. The van der Waals surface area contributed by atoms with Crippen molar-refractivity contribution in [2.45, 2.75) is 31.4 Å². The van der Waals surface area contributed by atoms with Gasteiger partial charge in [-0.3, -0.25) is 4.79 Å². The summed E-state index contributed by atoms with van der Waals surface area (Å²) in [7, 11) is 0. The van der Waals surface area contributed by atoms with Crippen molar-refractivity contribution in [2.24, 2.45) is 11.8 Å². The molecule has 2 aliphatic rings. The van der Waals surface area contributed by atoms with E-state index in [0.29, 0.717) is 17.3 Å². The molecule has 0 unspecified atom stereocenters. The van der Waals surface area contributed by atoms with Gasteiger partial charge in [-0.15, -0.1) is 11.3 Å². The van der Waals surface area contributed by atoms with E-state index in [1.807, 2.05) is 6.07 Å². The molecular formula is C14H15ClF3NOS. The SMILES string of the molecule is O=C([C@@H]1C[C@H]1c1ccc(Cl)s1)N1CCC[C@H](C(F)(F)F)C1. The van der Waals surface area contributed by atoms with E-state index in [-0.39, 0.29) is 30.7 Å². The summed E-state index contributed by atoms with van der Waals surface area (Å²) in [5.41, 5.74) is 0. The second-order valence-electron chi connectivity index (χ2n) is 5.76. The predicted octanol–water partition coefficient (Wildman–Crippen LogP) is 4.31. The maximum atomic E-state index is 12.8. The highest BCUT2D eigenvalue weighted by molar-refractivity contribution is 7.16.